The van der Waals surface area contributed by atoms with Crippen LogP contribution in [0.2, 0.25) is 0 Å². The summed E-state index contributed by atoms with van der Waals surface area (Å²) in [7, 11) is 1.34. The first-order valence-corrected chi connectivity index (χ1v) is 5.06. The lowest BCUT2D eigenvalue weighted by Gasteiger charge is -2.38. The zero-order valence-corrected chi connectivity index (χ0v) is 10.5. The van der Waals surface area contributed by atoms with Gasteiger partial charge in [-0.25, -0.2) is 0 Å². The largest absolute Gasteiger partial charge is 0.468 e. The summed E-state index contributed by atoms with van der Waals surface area (Å²) >= 11 is 0. The fourth-order valence-corrected chi connectivity index (χ4v) is 1.60. The third kappa shape index (κ3) is 2.81. The Morgan fingerprint density at radius 2 is 1.80 bits per heavy atom. The number of aliphatic hydroxyl groups is 1. The van der Waals surface area contributed by atoms with Gasteiger partial charge in [0.1, 0.15) is 5.41 Å². The van der Waals surface area contributed by atoms with Crippen LogP contribution in [0.4, 0.5) is 0 Å². The van der Waals surface area contributed by atoms with Crippen molar-refractivity contribution in [3.8, 4) is 0 Å². The number of esters is 1. The highest BCUT2D eigenvalue weighted by Crippen LogP contribution is 2.41. The molecule has 0 aromatic rings. The molecule has 0 heterocycles. The normalized spacial score (nSPS) is 15.4. The monoisotopic (exact) mass is 214 g/mol. The Balaban J connectivity index is 5.52. The van der Waals surface area contributed by atoms with Gasteiger partial charge in [-0.2, -0.15) is 0 Å². The van der Waals surface area contributed by atoms with E-state index in [-0.39, 0.29) is 12.0 Å². The van der Waals surface area contributed by atoms with Gasteiger partial charge >= 0.3 is 5.97 Å². The number of ether oxygens (including phenoxy) is 1. The Labute approximate surface area is 92.1 Å². The predicted octanol–water partition coefficient (Wildman–Crippen LogP) is 2.15. The van der Waals surface area contributed by atoms with Crippen LogP contribution in [0.5, 0.6) is 0 Å². The highest BCUT2D eigenvalue weighted by atomic mass is 16.5. The minimum absolute atomic E-state index is 0.242. The molecule has 0 aromatic carbocycles. The number of methoxy groups -OCH3 is 1. The molecule has 3 heteroatoms. The lowest BCUT2D eigenvalue weighted by atomic mass is 9.66. The van der Waals surface area contributed by atoms with Crippen LogP contribution < -0.4 is 0 Å². The molecule has 0 aliphatic heterocycles. The maximum atomic E-state index is 11.8. The van der Waals surface area contributed by atoms with Gasteiger partial charge in [-0.05, 0) is 19.3 Å². The topological polar surface area (TPSA) is 46.5 Å². The molecule has 0 fully saturated rings. The molecule has 3 nitrogen and oxygen atoms in total. The molecular weight excluding hydrogens is 192 g/mol. The van der Waals surface area contributed by atoms with Crippen molar-refractivity contribution in [2.24, 2.45) is 10.8 Å². The van der Waals surface area contributed by atoms with E-state index in [9.17, 15) is 9.90 Å². The molecule has 15 heavy (non-hydrogen) atoms. The first-order valence-electron chi connectivity index (χ1n) is 5.06. The third-order valence-corrected chi connectivity index (χ3v) is 2.67. The van der Waals surface area contributed by atoms with Crippen molar-refractivity contribution in [2.75, 3.05) is 13.7 Å². The molecule has 0 aromatic heterocycles. The van der Waals surface area contributed by atoms with Gasteiger partial charge in [0.05, 0.1) is 13.7 Å². The van der Waals surface area contributed by atoms with Gasteiger partial charge in [0.25, 0.3) is 0 Å². The summed E-state index contributed by atoms with van der Waals surface area (Å²) in [5, 5.41) is 9.52. The lowest BCUT2D eigenvalue weighted by Crippen LogP contribution is -2.45. The average molecular weight is 214 g/mol. The SMILES string of the molecule is COC(=O)C(C=C(C)C)(CO)C(C)(C)C. The second kappa shape index (κ2) is 4.79. The molecule has 88 valence electrons. The molecule has 0 aliphatic rings. The van der Waals surface area contributed by atoms with Crippen molar-refractivity contribution in [1.82, 2.24) is 0 Å². The quantitative estimate of drug-likeness (QED) is 0.578. The fraction of sp³-hybridized carbons (Fsp3) is 0.750. The summed E-state index contributed by atoms with van der Waals surface area (Å²) in [5.74, 6) is -0.390. The summed E-state index contributed by atoms with van der Waals surface area (Å²) in [6, 6.07) is 0. The van der Waals surface area contributed by atoms with E-state index in [1.807, 2.05) is 34.6 Å². The van der Waals surface area contributed by atoms with Gasteiger partial charge in [0.15, 0.2) is 0 Å². The Morgan fingerprint density at radius 1 is 1.33 bits per heavy atom. The molecule has 1 N–H and O–H groups in total. The number of rotatable bonds is 3. The third-order valence-electron chi connectivity index (χ3n) is 2.67. The molecule has 0 bridgehead atoms. The Kier molecular flexibility index (Phi) is 4.53. The predicted molar refractivity (Wildman–Crippen MR) is 60.4 cm³/mol. The van der Waals surface area contributed by atoms with E-state index in [0.29, 0.717) is 0 Å². The van der Waals surface area contributed by atoms with Crippen molar-refractivity contribution < 1.29 is 14.6 Å². The van der Waals surface area contributed by atoms with Gasteiger partial charge in [-0.1, -0.05) is 32.4 Å². The number of hydrogen-bond donors (Lipinski definition) is 1. The highest BCUT2D eigenvalue weighted by Gasteiger charge is 2.47. The Morgan fingerprint density at radius 3 is 2.00 bits per heavy atom. The van der Waals surface area contributed by atoms with Crippen molar-refractivity contribution >= 4 is 5.97 Å². The van der Waals surface area contributed by atoms with Gasteiger partial charge < -0.3 is 9.84 Å². The molecule has 0 saturated heterocycles. The molecule has 1 unspecified atom stereocenters. The van der Waals surface area contributed by atoms with Crippen LogP contribution in [0.25, 0.3) is 0 Å². The van der Waals surface area contributed by atoms with Crippen molar-refractivity contribution in [1.29, 1.82) is 0 Å². The molecule has 0 saturated carbocycles. The average Bonchev–Trinajstić information content (AvgIpc) is 2.10. The number of aliphatic hydroxyl groups excluding tert-OH is 1. The smallest absolute Gasteiger partial charge is 0.318 e. The maximum Gasteiger partial charge on any atom is 0.318 e. The van der Waals surface area contributed by atoms with E-state index in [2.05, 4.69) is 0 Å². The first-order chi connectivity index (χ1) is 6.71. The summed E-state index contributed by atoms with van der Waals surface area (Å²) in [4.78, 5) is 11.8. The van der Waals surface area contributed by atoms with Crippen LogP contribution in [0.3, 0.4) is 0 Å². The summed E-state index contributed by atoms with van der Waals surface area (Å²) in [5.41, 5.74) is -0.350. The summed E-state index contributed by atoms with van der Waals surface area (Å²) < 4.78 is 4.79. The van der Waals surface area contributed by atoms with Gasteiger partial charge in [0.2, 0.25) is 0 Å². The molecule has 0 amide bonds. The molecule has 0 radical (unpaired) electrons. The van der Waals surface area contributed by atoms with Gasteiger partial charge in [-0.3, -0.25) is 4.79 Å². The Bertz CT molecular complexity index is 257. The van der Waals surface area contributed by atoms with Gasteiger partial charge in [-0.15, -0.1) is 0 Å². The van der Waals surface area contributed by atoms with E-state index < -0.39 is 11.4 Å². The summed E-state index contributed by atoms with van der Waals surface area (Å²) in [6.07, 6.45) is 1.79. The highest BCUT2D eigenvalue weighted by molar-refractivity contribution is 5.80. The number of carbonyl (C=O) groups is 1. The molecule has 0 spiro atoms. The van der Waals surface area contributed by atoms with Crippen LogP contribution in [-0.4, -0.2) is 24.8 Å². The van der Waals surface area contributed by atoms with Gasteiger partial charge in [0, 0.05) is 0 Å². The van der Waals surface area contributed by atoms with E-state index in [4.69, 9.17) is 4.74 Å². The Hall–Kier alpha value is -0.830. The van der Waals surface area contributed by atoms with Crippen LogP contribution in [0.1, 0.15) is 34.6 Å². The minimum atomic E-state index is -0.958. The van der Waals surface area contributed by atoms with E-state index in [1.165, 1.54) is 7.11 Å². The zero-order valence-electron chi connectivity index (χ0n) is 10.5. The minimum Gasteiger partial charge on any atom is -0.468 e. The number of allylic oxidation sites excluding steroid dienone is 1. The van der Waals surface area contributed by atoms with Crippen LogP contribution in [0, 0.1) is 10.8 Å². The van der Waals surface area contributed by atoms with Crippen molar-refractivity contribution in [3.05, 3.63) is 11.6 Å². The van der Waals surface area contributed by atoms with E-state index in [0.717, 1.165) is 5.57 Å². The molecule has 0 rings (SSSR count). The fourth-order valence-electron chi connectivity index (χ4n) is 1.60. The second-order valence-electron chi connectivity index (χ2n) is 5.09. The molecular formula is C12H22O3. The van der Waals surface area contributed by atoms with Crippen LogP contribution in [0.15, 0.2) is 11.6 Å². The molecule has 1 atom stereocenters. The van der Waals surface area contributed by atoms with Crippen molar-refractivity contribution in [3.63, 3.8) is 0 Å². The van der Waals surface area contributed by atoms with Crippen molar-refractivity contribution in [2.45, 2.75) is 34.6 Å². The first kappa shape index (κ1) is 14.2. The molecule has 0 aliphatic carbocycles. The second-order valence-corrected chi connectivity index (χ2v) is 5.09. The van der Waals surface area contributed by atoms with E-state index >= 15 is 0 Å². The number of carbonyl (C=O) groups excluding carboxylic acids is 1. The van der Waals surface area contributed by atoms with Crippen LogP contribution in [-0.2, 0) is 9.53 Å². The summed E-state index contributed by atoms with van der Waals surface area (Å²) in [6.45, 7) is 9.31. The maximum absolute atomic E-state index is 11.8. The zero-order chi connectivity index (χ0) is 12.3. The van der Waals surface area contributed by atoms with Crippen LogP contribution >= 0.6 is 0 Å². The standard InChI is InChI=1S/C12H22O3/c1-9(2)7-12(8-13,10(14)15-6)11(3,4)5/h7,13H,8H2,1-6H3. The lowest BCUT2D eigenvalue weighted by molar-refractivity contribution is -0.158. The van der Waals surface area contributed by atoms with E-state index in [1.54, 1.807) is 6.08 Å². The number of hydrogen-bond acceptors (Lipinski definition) is 3.